The predicted molar refractivity (Wildman–Crippen MR) is 45.7 cm³/mol. The second kappa shape index (κ2) is 3.73. The summed E-state index contributed by atoms with van der Waals surface area (Å²) in [5, 5.41) is 11.7. The number of nitrogens with one attached hydrogen (secondary N) is 1. The minimum atomic E-state index is 0.101. The van der Waals surface area contributed by atoms with E-state index in [0.717, 1.165) is 0 Å². The Morgan fingerprint density at radius 1 is 1.58 bits per heavy atom. The molecule has 0 aliphatic heterocycles. The first-order chi connectivity index (χ1) is 5.77. The maximum atomic E-state index is 10.0. The van der Waals surface area contributed by atoms with Gasteiger partial charge in [-0.15, -0.1) is 0 Å². The highest BCUT2D eigenvalue weighted by Gasteiger charge is 1.99. The quantitative estimate of drug-likeness (QED) is 0.569. The second-order valence-corrected chi connectivity index (χ2v) is 2.31. The fourth-order valence-corrected chi connectivity index (χ4v) is 0.894. The van der Waals surface area contributed by atoms with Crippen LogP contribution in [0.5, 0.6) is 5.75 Å². The Morgan fingerprint density at radius 3 is 2.83 bits per heavy atom. The van der Waals surface area contributed by atoms with E-state index in [-0.39, 0.29) is 12.3 Å². The Kier molecular flexibility index (Phi) is 2.66. The molecule has 12 heavy (non-hydrogen) atoms. The summed E-state index contributed by atoms with van der Waals surface area (Å²) in [5.41, 5.74) is 6.54. The van der Waals surface area contributed by atoms with Crippen molar-refractivity contribution in [3.8, 4) is 5.75 Å². The van der Waals surface area contributed by atoms with Crippen molar-refractivity contribution in [1.29, 1.82) is 0 Å². The predicted octanol–water partition coefficient (Wildman–Crippen LogP) is 0.419. The molecule has 64 valence electrons. The highest BCUT2D eigenvalue weighted by atomic mass is 16.3. The van der Waals surface area contributed by atoms with Crippen LogP contribution in [0, 0.1) is 0 Å². The van der Waals surface area contributed by atoms with Crippen LogP contribution in [0.3, 0.4) is 0 Å². The van der Waals surface area contributed by atoms with Crippen LogP contribution in [0.15, 0.2) is 18.2 Å². The summed E-state index contributed by atoms with van der Waals surface area (Å²) < 4.78 is 0. The minimum Gasteiger partial charge on any atom is -0.508 e. The Bertz CT molecular complexity index is 286. The molecule has 0 aromatic heterocycles. The van der Waals surface area contributed by atoms with Gasteiger partial charge in [0.05, 0.1) is 0 Å². The smallest absolute Gasteiger partial charge is 0.211 e. The lowest BCUT2D eigenvalue weighted by atomic mass is 10.2. The molecule has 0 spiro atoms. The first kappa shape index (κ1) is 8.55. The first-order valence-corrected chi connectivity index (χ1v) is 3.50. The maximum Gasteiger partial charge on any atom is 0.211 e. The van der Waals surface area contributed by atoms with Gasteiger partial charge in [-0.05, 0) is 6.07 Å². The highest BCUT2D eigenvalue weighted by molar-refractivity contribution is 5.72. The minimum absolute atomic E-state index is 0.101. The Hall–Kier alpha value is -1.55. The van der Waals surface area contributed by atoms with Gasteiger partial charge in [0.1, 0.15) is 5.75 Å². The number of rotatable bonds is 3. The summed E-state index contributed by atoms with van der Waals surface area (Å²) in [6, 6.07) is 4.80. The summed E-state index contributed by atoms with van der Waals surface area (Å²) in [5.74, 6) is 0.101. The third-order valence-electron chi connectivity index (χ3n) is 1.53. The van der Waals surface area contributed by atoms with Crippen molar-refractivity contribution in [3.63, 3.8) is 0 Å². The van der Waals surface area contributed by atoms with Gasteiger partial charge in [0, 0.05) is 23.9 Å². The fourth-order valence-electron chi connectivity index (χ4n) is 0.894. The summed E-state index contributed by atoms with van der Waals surface area (Å²) in [6.07, 6.45) is 0.552. The van der Waals surface area contributed by atoms with Crippen LogP contribution in [0.2, 0.25) is 0 Å². The number of carbonyl (C=O) groups excluding carboxylic acids is 1. The highest BCUT2D eigenvalue weighted by Crippen LogP contribution is 2.20. The molecule has 1 rings (SSSR count). The topological polar surface area (TPSA) is 75.3 Å². The van der Waals surface area contributed by atoms with Gasteiger partial charge in [0.25, 0.3) is 0 Å². The van der Waals surface area contributed by atoms with E-state index in [1.54, 1.807) is 12.1 Å². The van der Waals surface area contributed by atoms with Gasteiger partial charge in [-0.3, -0.25) is 4.79 Å². The summed E-state index contributed by atoms with van der Waals surface area (Å²) in [7, 11) is 0. The van der Waals surface area contributed by atoms with Crippen molar-refractivity contribution in [2.45, 2.75) is 6.54 Å². The van der Waals surface area contributed by atoms with Crippen LogP contribution in [-0.4, -0.2) is 11.5 Å². The molecular formula is C8H10N2O2. The van der Waals surface area contributed by atoms with Crippen LogP contribution in [0.1, 0.15) is 5.56 Å². The van der Waals surface area contributed by atoms with Gasteiger partial charge >= 0.3 is 0 Å². The van der Waals surface area contributed by atoms with Crippen molar-refractivity contribution in [2.75, 3.05) is 5.32 Å². The third kappa shape index (κ3) is 1.73. The van der Waals surface area contributed by atoms with Crippen LogP contribution >= 0.6 is 0 Å². The average Bonchev–Trinajstić information content (AvgIpc) is 2.05. The van der Waals surface area contributed by atoms with E-state index < -0.39 is 0 Å². The zero-order valence-electron chi connectivity index (χ0n) is 6.45. The first-order valence-electron chi connectivity index (χ1n) is 3.50. The van der Waals surface area contributed by atoms with Crippen LogP contribution < -0.4 is 11.1 Å². The molecule has 0 saturated carbocycles. The molecule has 4 nitrogen and oxygen atoms in total. The number of hydrogen-bond acceptors (Lipinski definition) is 3. The number of phenols is 1. The molecule has 1 amide bonds. The van der Waals surface area contributed by atoms with E-state index in [9.17, 15) is 9.90 Å². The monoisotopic (exact) mass is 166 g/mol. The number of phenolic OH excluding ortho intramolecular Hbond substituents is 1. The van der Waals surface area contributed by atoms with E-state index in [1.165, 1.54) is 6.07 Å². The van der Waals surface area contributed by atoms with Gasteiger partial charge in [-0.25, -0.2) is 0 Å². The van der Waals surface area contributed by atoms with Gasteiger partial charge in [0.2, 0.25) is 6.41 Å². The lowest BCUT2D eigenvalue weighted by Gasteiger charge is -2.03. The average molecular weight is 166 g/mol. The van der Waals surface area contributed by atoms with E-state index in [1.807, 2.05) is 0 Å². The Morgan fingerprint density at radius 2 is 2.33 bits per heavy atom. The number of nitrogens with two attached hydrogens (primary N) is 1. The van der Waals surface area contributed by atoms with E-state index in [4.69, 9.17) is 5.73 Å². The Balaban J connectivity index is 2.93. The number of hydrogen-bond donors (Lipinski definition) is 3. The van der Waals surface area contributed by atoms with Gasteiger partial charge in [-0.2, -0.15) is 0 Å². The lowest BCUT2D eigenvalue weighted by molar-refractivity contribution is -0.105. The zero-order chi connectivity index (χ0) is 8.97. The normalized spacial score (nSPS) is 9.42. The Labute approximate surface area is 70.0 Å². The molecule has 4 N–H and O–H groups in total. The van der Waals surface area contributed by atoms with E-state index in [2.05, 4.69) is 5.32 Å². The number of carbonyl (C=O) groups is 1. The second-order valence-electron chi connectivity index (χ2n) is 2.31. The molecule has 0 radical (unpaired) electrons. The molecule has 0 heterocycles. The standard InChI is InChI=1S/C8H10N2O2/c9-4-6-1-2-7(10-5-11)3-8(6)12/h1-3,5,12H,4,9H2,(H,10,11). The van der Waals surface area contributed by atoms with Crippen LogP contribution in [0.25, 0.3) is 0 Å². The molecule has 0 atom stereocenters. The summed E-state index contributed by atoms with van der Waals surface area (Å²) in [6.45, 7) is 0.285. The fraction of sp³-hybridized carbons (Fsp3) is 0.125. The molecule has 0 fully saturated rings. The molecule has 1 aromatic carbocycles. The molecule has 1 aromatic rings. The van der Waals surface area contributed by atoms with Gasteiger partial charge < -0.3 is 16.2 Å². The van der Waals surface area contributed by atoms with E-state index in [0.29, 0.717) is 17.7 Å². The van der Waals surface area contributed by atoms with Crippen molar-refractivity contribution < 1.29 is 9.90 Å². The zero-order valence-corrected chi connectivity index (χ0v) is 6.45. The van der Waals surface area contributed by atoms with Crippen molar-refractivity contribution in [2.24, 2.45) is 5.73 Å². The van der Waals surface area contributed by atoms with E-state index >= 15 is 0 Å². The molecule has 4 heteroatoms. The van der Waals surface area contributed by atoms with Crippen molar-refractivity contribution in [3.05, 3.63) is 23.8 Å². The maximum absolute atomic E-state index is 10.0. The van der Waals surface area contributed by atoms with Crippen LogP contribution in [0.4, 0.5) is 5.69 Å². The number of amides is 1. The molecular weight excluding hydrogens is 156 g/mol. The molecule has 0 saturated heterocycles. The third-order valence-corrected chi connectivity index (χ3v) is 1.53. The van der Waals surface area contributed by atoms with Crippen LogP contribution in [-0.2, 0) is 11.3 Å². The van der Waals surface area contributed by atoms with Gasteiger partial charge in [-0.1, -0.05) is 6.07 Å². The van der Waals surface area contributed by atoms with Gasteiger partial charge in [0.15, 0.2) is 0 Å². The SMILES string of the molecule is NCc1ccc(NC=O)cc1O. The van der Waals surface area contributed by atoms with Crippen molar-refractivity contribution in [1.82, 2.24) is 0 Å². The lowest BCUT2D eigenvalue weighted by Crippen LogP contribution is -1.98. The number of aromatic hydroxyl groups is 1. The number of anilines is 1. The molecule has 0 aliphatic rings. The molecule has 0 bridgehead atoms. The largest absolute Gasteiger partial charge is 0.508 e. The molecule has 0 aliphatic carbocycles. The molecule has 0 unspecified atom stereocenters. The number of benzene rings is 1. The summed E-state index contributed by atoms with van der Waals surface area (Å²) in [4.78, 5) is 10.0. The van der Waals surface area contributed by atoms with Crippen molar-refractivity contribution >= 4 is 12.1 Å². The summed E-state index contributed by atoms with van der Waals surface area (Å²) >= 11 is 0.